The maximum absolute atomic E-state index is 12.9. The summed E-state index contributed by atoms with van der Waals surface area (Å²) in [7, 11) is 0. The van der Waals surface area contributed by atoms with Gasteiger partial charge < -0.3 is 15.0 Å². The van der Waals surface area contributed by atoms with Crippen molar-refractivity contribution in [3.05, 3.63) is 30.3 Å². The average molecular weight is 415 g/mol. The van der Waals surface area contributed by atoms with E-state index in [9.17, 15) is 9.59 Å². The van der Waals surface area contributed by atoms with Crippen molar-refractivity contribution < 1.29 is 14.3 Å². The van der Waals surface area contributed by atoms with E-state index in [1.165, 1.54) is 25.9 Å². The van der Waals surface area contributed by atoms with Gasteiger partial charge in [-0.05, 0) is 70.3 Å². The molecule has 0 unspecified atom stereocenters. The molecule has 0 spiro atoms. The highest BCUT2D eigenvalue weighted by molar-refractivity contribution is 6.38. The van der Waals surface area contributed by atoms with Gasteiger partial charge in [0.05, 0.1) is 12.3 Å². The summed E-state index contributed by atoms with van der Waals surface area (Å²) >= 11 is 0. The van der Waals surface area contributed by atoms with E-state index in [1.54, 1.807) is 11.9 Å². The van der Waals surface area contributed by atoms with Gasteiger partial charge in [0.1, 0.15) is 11.8 Å². The Balaban J connectivity index is 1.49. The summed E-state index contributed by atoms with van der Waals surface area (Å²) in [6, 6.07) is 8.94. The van der Waals surface area contributed by atoms with Crippen LogP contribution >= 0.6 is 0 Å². The van der Waals surface area contributed by atoms with Gasteiger partial charge in [0, 0.05) is 13.0 Å². The molecule has 0 radical (unpaired) electrons. The number of ether oxygens (including phenoxy) is 1. The van der Waals surface area contributed by atoms with E-state index in [2.05, 4.69) is 22.2 Å². The smallest absolute Gasteiger partial charge is 0.354 e. The topological polar surface area (TPSA) is 74.2 Å². The van der Waals surface area contributed by atoms with Crippen LogP contribution in [0, 0.1) is 5.92 Å². The largest absolute Gasteiger partial charge is 0.461 e. The van der Waals surface area contributed by atoms with E-state index in [4.69, 9.17) is 4.74 Å². The van der Waals surface area contributed by atoms with Crippen molar-refractivity contribution in [1.82, 2.24) is 10.2 Å². The summed E-state index contributed by atoms with van der Waals surface area (Å²) in [4.78, 5) is 27.5. The van der Waals surface area contributed by atoms with Gasteiger partial charge in [0.15, 0.2) is 0 Å². The average Bonchev–Trinajstić information content (AvgIpc) is 3.21. The molecule has 164 valence electrons. The zero-order chi connectivity index (χ0) is 21.3. The number of rotatable bonds is 9. The molecule has 1 aromatic carbocycles. The Morgan fingerprint density at radius 3 is 2.60 bits per heavy atom. The Bertz CT molecular complexity index is 729. The Morgan fingerprint density at radius 2 is 1.90 bits per heavy atom. The van der Waals surface area contributed by atoms with Crippen LogP contribution in [0.4, 0.5) is 5.69 Å². The molecule has 1 fully saturated rings. The summed E-state index contributed by atoms with van der Waals surface area (Å²) in [6.45, 7) is 8.49. The number of carbonyl (C=O) groups excluding carboxylic acids is 2. The second-order valence-electron chi connectivity index (χ2n) is 8.19. The molecule has 7 nitrogen and oxygen atoms in total. The summed E-state index contributed by atoms with van der Waals surface area (Å²) in [6.07, 6.45) is 4.85. The van der Waals surface area contributed by atoms with Gasteiger partial charge in [-0.2, -0.15) is 5.10 Å². The van der Waals surface area contributed by atoms with Crippen molar-refractivity contribution in [3.63, 3.8) is 0 Å². The minimum Gasteiger partial charge on any atom is -0.461 e. The van der Waals surface area contributed by atoms with Gasteiger partial charge in [-0.3, -0.25) is 9.80 Å². The second-order valence-corrected chi connectivity index (χ2v) is 8.19. The Labute approximate surface area is 179 Å². The fourth-order valence-electron chi connectivity index (χ4n) is 3.95. The van der Waals surface area contributed by atoms with Gasteiger partial charge in [-0.15, -0.1) is 0 Å². The lowest BCUT2D eigenvalue weighted by Gasteiger charge is -2.30. The number of anilines is 1. The molecule has 2 heterocycles. The maximum atomic E-state index is 12.9. The number of nitrogens with one attached hydrogen (secondary N) is 1. The van der Waals surface area contributed by atoms with Crippen LogP contribution in [0.5, 0.6) is 0 Å². The number of benzene rings is 1. The zero-order valence-electron chi connectivity index (χ0n) is 18.2. The van der Waals surface area contributed by atoms with Gasteiger partial charge in [-0.25, -0.2) is 4.79 Å². The zero-order valence-corrected chi connectivity index (χ0v) is 18.2. The van der Waals surface area contributed by atoms with Crippen LogP contribution in [0.15, 0.2) is 35.4 Å². The molecular formula is C23H34N4O3. The summed E-state index contributed by atoms with van der Waals surface area (Å²) in [5, 5.41) is 9.07. The van der Waals surface area contributed by atoms with E-state index in [0.717, 1.165) is 31.0 Å². The molecule has 30 heavy (non-hydrogen) atoms. The van der Waals surface area contributed by atoms with Crippen molar-refractivity contribution in [2.24, 2.45) is 11.0 Å². The number of hydrogen-bond acceptors (Lipinski definition) is 6. The number of hydrogen-bond donors (Lipinski definition) is 1. The first-order chi connectivity index (χ1) is 14.6. The molecule has 2 aliphatic rings. The SMILES string of the molecule is CCOC(=O)C1=NN(c2ccccc2)[C@H](C(=O)NCCCCN2CCC(C)CC2)C1. The minimum atomic E-state index is -0.532. The molecule has 1 aromatic rings. The number of piperidine rings is 1. The Hall–Kier alpha value is -2.41. The number of carbonyl (C=O) groups is 2. The summed E-state index contributed by atoms with van der Waals surface area (Å²) < 4.78 is 5.08. The molecule has 1 saturated heterocycles. The molecule has 0 aromatic heterocycles. The molecule has 1 atom stereocenters. The van der Waals surface area contributed by atoms with Gasteiger partial charge >= 0.3 is 5.97 Å². The monoisotopic (exact) mass is 414 g/mol. The number of unbranched alkanes of at least 4 members (excludes halogenated alkanes) is 1. The van der Waals surface area contributed by atoms with E-state index >= 15 is 0 Å². The highest BCUT2D eigenvalue weighted by Crippen LogP contribution is 2.25. The first-order valence-corrected chi connectivity index (χ1v) is 11.2. The van der Waals surface area contributed by atoms with Gasteiger partial charge in [0.2, 0.25) is 5.91 Å². The second kappa shape index (κ2) is 11.1. The lowest BCUT2D eigenvalue weighted by atomic mass is 9.99. The van der Waals surface area contributed by atoms with E-state index in [0.29, 0.717) is 12.3 Å². The maximum Gasteiger partial charge on any atom is 0.354 e. The van der Waals surface area contributed by atoms with Crippen molar-refractivity contribution in [2.45, 2.75) is 52.0 Å². The fraction of sp³-hybridized carbons (Fsp3) is 0.609. The number of hydrazone groups is 1. The Morgan fingerprint density at radius 1 is 1.17 bits per heavy atom. The lowest BCUT2D eigenvalue weighted by molar-refractivity contribution is -0.135. The van der Waals surface area contributed by atoms with Gasteiger partial charge in [0.25, 0.3) is 0 Å². The molecular weight excluding hydrogens is 380 g/mol. The normalized spacial score (nSPS) is 20.1. The summed E-state index contributed by atoms with van der Waals surface area (Å²) in [5.41, 5.74) is 1.08. The number of amides is 1. The lowest BCUT2D eigenvalue weighted by Crippen LogP contribution is -2.43. The molecule has 2 aliphatic heterocycles. The van der Waals surface area contributed by atoms with Crippen LogP contribution in [0.2, 0.25) is 0 Å². The quantitative estimate of drug-likeness (QED) is 0.497. The van der Waals surface area contributed by atoms with Crippen LogP contribution < -0.4 is 10.3 Å². The van der Waals surface area contributed by atoms with Crippen molar-refractivity contribution in [2.75, 3.05) is 37.8 Å². The first-order valence-electron chi connectivity index (χ1n) is 11.2. The number of nitrogens with zero attached hydrogens (tertiary/aromatic N) is 3. The number of para-hydroxylation sites is 1. The van der Waals surface area contributed by atoms with E-state index in [-0.39, 0.29) is 18.9 Å². The third kappa shape index (κ3) is 6.05. The molecule has 7 heteroatoms. The highest BCUT2D eigenvalue weighted by Gasteiger charge is 2.36. The van der Waals surface area contributed by atoms with Crippen LogP contribution in [0.1, 0.15) is 46.0 Å². The van der Waals surface area contributed by atoms with Crippen molar-refractivity contribution >= 4 is 23.3 Å². The van der Waals surface area contributed by atoms with Crippen LogP contribution in [-0.2, 0) is 14.3 Å². The third-order valence-corrected chi connectivity index (χ3v) is 5.82. The van der Waals surface area contributed by atoms with Crippen LogP contribution in [-0.4, -0.2) is 61.3 Å². The van der Waals surface area contributed by atoms with E-state index < -0.39 is 12.0 Å². The molecule has 1 N–H and O–H groups in total. The van der Waals surface area contributed by atoms with Gasteiger partial charge in [-0.1, -0.05) is 25.1 Å². The molecule has 3 rings (SSSR count). The first kappa shape index (κ1) is 22.3. The number of likely N-dealkylation sites (tertiary alicyclic amines) is 1. The third-order valence-electron chi connectivity index (χ3n) is 5.82. The van der Waals surface area contributed by atoms with Crippen LogP contribution in [0.3, 0.4) is 0 Å². The van der Waals surface area contributed by atoms with Crippen molar-refractivity contribution in [3.8, 4) is 0 Å². The Kier molecular flexibility index (Phi) is 8.25. The number of esters is 1. The standard InChI is InChI=1S/C23H34N4O3/c1-3-30-23(29)20-17-21(27(25-20)19-9-5-4-6-10-19)22(28)24-13-7-8-14-26-15-11-18(2)12-16-26/h4-6,9-10,18,21H,3,7-8,11-17H2,1-2H3,(H,24,28)/t21-/m0/s1. The van der Waals surface area contributed by atoms with E-state index in [1.807, 2.05) is 30.3 Å². The summed E-state index contributed by atoms with van der Waals surface area (Å²) in [5.74, 6) is 0.291. The molecule has 1 amide bonds. The minimum absolute atomic E-state index is 0.103. The highest BCUT2D eigenvalue weighted by atomic mass is 16.5. The fourth-order valence-corrected chi connectivity index (χ4v) is 3.95. The van der Waals surface area contributed by atoms with Crippen LogP contribution in [0.25, 0.3) is 0 Å². The van der Waals surface area contributed by atoms with Crippen molar-refractivity contribution in [1.29, 1.82) is 0 Å². The predicted octanol–water partition coefficient (Wildman–Crippen LogP) is 2.81. The predicted molar refractivity (Wildman–Crippen MR) is 118 cm³/mol. The molecule has 0 saturated carbocycles. The molecule has 0 bridgehead atoms. The molecule has 0 aliphatic carbocycles.